The highest BCUT2D eigenvalue weighted by molar-refractivity contribution is 6.30. The molecular formula is C21H18ClF3N2O2. The van der Waals surface area contributed by atoms with Gasteiger partial charge < -0.3 is 9.74 Å². The fourth-order valence-electron chi connectivity index (χ4n) is 3.71. The second-order valence-corrected chi connectivity index (χ2v) is 7.80. The summed E-state index contributed by atoms with van der Waals surface area (Å²) in [5, 5.41) is 4.64. The van der Waals surface area contributed by atoms with Crippen molar-refractivity contribution >= 4 is 23.2 Å². The van der Waals surface area contributed by atoms with Gasteiger partial charge in [-0.15, -0.1) is 0 Å². The van der Waals surface area contributed by atoms with E-state index in [1.165, 1.54) is 6.07 Å². The summed E-state index contributed by atoms with van der Waals surface area (Å²) in [6.07, 6.45) is -2.84. The first-order valence-corrected chi connectivity index (χ1v) is 9.61. The van der Waals surface area contributed by atoms with Crippen molar-refractivity contribution in [2.45, 2.75) is 31.0 Å². The largest absolute Gasteiger partial charge is 0.416 e. The Hall–Kier alpha value is -2.54. The lowest BCUT2D eigenvalue weighted by Gasteiger charge is -2.37. The van der Waals surface area contributed by atoms with E-state index in [9.17, 15) is 18.0 Å². The third-order valence-corrected chi connectivity index (χ3v) is 5.67. The van der Waals surface area contributed by atoms with Gasteiger partial charge in [-0.25, -0.2) is 0 Å². The predicted octanol–water partition coefficient (Wildman–Crippen LogP) is 5.16. The molecule has 0 unspecified atom stereocenters. The zero-order valence-corrected chi connectivity index (χ0v) is 16.1. The van der Waals surface area contributed by atoms with Crippen LogP contribution in [-0.2, 0) is 11.0 Å². The maximum atomic E-state index is 13.0. The van der Waals surface area contributed by atoms with Crippen LogP contribution < -0.4 is 0 Å². The van der Waals surface area contributed by atoms with E-state index in [0.29, 0.717) is 54.2 Å². The summed E-state index contributed by atoms with van der Waals surface area (Å²) in [4.78, 5) is 20.1. The number of halogens is 4. The Morgan fingerprint density at radius 1 is 1.10 bits per heavy atom. The van der Waals surface area contributed by atoms with Gasteiger partial charge in [0.25, 0.3) is 5.91 Å². The van der Waals surface area contributed by atoms with E-state index in [1.54, 1.807) is 35.2 Å². The minimum atomic E-state index is -4.40. The SMILES string of the molecule is O=C(c1ccc(Cl)cc1)N1CCC2(CC1)CC(c1cccc(C(F)(F)F)c1)=NO2. The van der Waals surface area contributed by atoms with Crippen LogP contribution in [0.2, 0.25) is 5.02 Å². The number of rotatable bonds is 2. The molecule has 2 aromatic rings. The molecule has 0 bridgehead atoms. The van der Waals surface area contributed by atoms with Gasteiger partial charge in [0.2, 0.25) is 0 Å². The van der Waals surface area contributed by atoms with Gasteiger partial charge in [0.15, 0.2) is 0 Å². The topological polar surface area (TPSA) is 41.9 Å². The molecule has 2 heterocycles. The minimum Gasteiger partial charge on any atom is -0.388 e. The molecule has 0 radical (unpaired) electrons. The van der Waals surface area contributed by atoms with E-state index >= 15 is 0 Å². The third kappa shape index (κ3) is 4.10. The molecule has 8 heteroatoms. The number of nitrogens with zero attached hydrogens (tertiary/aromatic N) is 2. The lowest BCUT2D eigenvalue weighted by molar-refractivity contribution is -0.137. The highest BCUT2D eigenvalue weighted by Crippen LogP contribution is 2.37. The van der Waals surface area contributed by atoms with Crippen molar-refractivity contribution in [3.8, 4) is 0 Å². The zero-order valence-electron chi connectivity index (χ0n) is 15.4. The Kier molecular flexibility index (Phi) is 5.02. The Balaban J connectivity index is 1.41. The van der Waals surface area contributed by atoms with Crippen molar-refractivity contribution in [2.24, 2.45) is 5.16 Å². The number of benzene rings is 2. The number of piperidine rings is 1. The van der Waals surface area contributed by atoms with Crippen molar-refractivity contribution in [1.29, 1.82) is 0 Å². The van der Waals surface area contributed by atoms with E-state index < -0.39 is 17.3 Å². The lowest BCUT2D eigenvalue weighted by atomic mass is 9.85. The minimum absolute atomic E-state index is 0.0754. The van der Waals surface area contributed by atoms with Gasteiger partial charge in [-0.1, -0.05) is 28.9 Å². The average molecular weight is 423 g/mol. The van der Waals surface area contributed by atoms with Crippen molar-refractivity contribution in [1.82, 2.24) is 4.90 Å². The van der Waals surface area contributed by atoms with E-state index in [-0.39, 0.29) is 5.91 Å². The van der Waals surface area contributed by atoms with Crippen LogP contribution in [-0.4, -0.2) is 35.2 Å². The van der Waals surface area contributed by atoms with Gasteiger partial charge in [-0.05, 0) is 36.4 Å². The zero-order chi connectivity index (χ0) is 20.6. The van der Waals surface area contributed by atoms with E-state index in [2.05, 4.69) is 5.16 Å². The molecule has 1 amide bonds. The van der Waals surface area contributed by atoms with E-state index in [4.69, 9.17) is 16.4 Å². The molecule has 1 spiro atoms. The van der Waals surface area contributed by atoms with E-state index in [0.717, 1.165) is 12.1 Å². The maximum absolute atomic E-state index is 13.0. The van der Waals surface area contributed by atoms with Gasteiger partial charge >= 0.3 is 6.18 Å². The first-order chi connectivity index (χ1) is 13.8. The number of carbonyl (C=O) groups excluding carboxylic acids is 1. The molecule has 2 aliphatic rings. The van der Waals surface area contributed by atoms with Gasteiger partial charge in [0.05, 0.1) is 11.3 Å². The summed E-state index contributed by atoms with van der Waals surface area (Å²) in [5.74, 6) is -0.0754. The number of alkyl halides is 3. The van der Waals surface area contributed by atoms with Crippen LogP contribution in [0.25, 0.3) is 0 Å². The summed E-state index contributed by atoms with van der Waals surface area (Å²) in [6, 6.07) is 11.8. The van der Waals surface area contributed by atoms with Crippen LogP contribution in [0.3, 0.4) is 0 Å². The fraction of sp³-hybridized carbons (Fsp3) is 0.333. The molecule has 1 saturated heterocycles. The molecule has 0 aliphatic carbocycles. The molecule has 4 rings (SSSR count). The predicted molar refractivity (Wildman–Crippen MR) is 103 cm³/mol. The number of likely N-dealkylation sites (tertiary alicyclic amines) is 1. The Morgan fingerprint density at radius 3 is 2.45 bits per heavy atom. The monoisotopic (exact) mass is 422 g/mol. The standard InChI is InChI=1S/C21H18ClF3N2O2/c22-17-6-4-14(5-7-17)19(28)27-10-8-20(9-11-27)13-18(26-29-20)15-2-1-3-16(12-15)21(23,24)25/h1-7,12H,8-11,13H2. The van der Waals surface area contributed by atoms with Gasteiger partial charge in [-0.2, -0.15) is 13.2 Å². The van der Waals surface area contributed by atoms with E-state index in [1.807, 2.05) is 0 Å². The highest BCUT2D eigenvalue weighted by Gasteiger charge is 2.43. The van der Waals surface area contributed by atoms with Crippen molar-refractivity contribution < 1.29 is 22.8 Å². The average Bonchev–Trinajstić information content (AvgIpc) is 3.12. The molecule has 2 aromatic carbocycles. The highest BCUT2D eigenvalue weighted by atomic mass is 35.5. The first kappa shape index (κ1) is 19.8. The first-order valence-electron chi connectivity index (χ1n) is 9.23. The summed E-state index contributed by atoms with van der Waals surface area (Å²) < 4.78 is 38.9. The van der Waals surface area contributed by atoms with Gasteiger partial charge in [0, 0.05) is 48.5 Å². The van der Waals surface area contributed by atoms with Crippen molar-refractivity contribution in [3.63, 3.8) is 0 Å². The molecule has 29 heavy (non-hydrogen) atoms. The molecule has 0 atom stereocenters. The smallest absolute Gasteiger partial charge is 0.388 e. The summed E-state index contributed by atoms with van der Waals surface area (Å²) >= 11 is 5.87. The molecular weight excluding hydrogens is 405 g/mol. The molecule has 2 aliphatic heterocycles. The normalized spacial score (nSPS) is 18.5. The number of hydrogen-bond donors (Lipinski definition) is 0. The summed E-state index contributed by atoms with van der Waals surface area (Å²) in [7, 11) is 0. The molecule has 0 N–H and O–H groups in total. The van der Waals surface area contributed by atoms with Crippen LogP contribution in [0.15, 0.2) is 53.7 Å². The number of amides is 1. The number of hydrogen-bond acceptors (Lipinski definition) is 3. The van der Waals surface area contributed by atoms with Crippen LogP contribution >= 0.6 is 11.6 Å². The second kappa shape index (κ2) is 7.37. The summed E-state index contributed by atoms with van der Waals surface area (Å²) in [6.45, 7) is 0.986. The Labute approximate surface area is 170 Å². The Morgan fingerprint density at radius 2 is 1.79 bits per heavy atom. The van der Waals surface area contributed by atoms with Crippen LogP contribution in [0, 0.1) is 0 Å². The Bertz CT molecular complexity index is 949. The van der Waals surface area contributed by atoms with Crippen LogP contribution in [0.4, 0.5) is 13.2 Å². The molecule has 0 aromatic heterocycles. The maximum Gasteiger partial charge on any atom is 0.416 e. The molecule has 1 fully saturated rings. The molecule has 152 valence electrons. The second-order valence-electron chi connectivity index (χ2n) is 7.37. The van der Waals surface area contributed by atoms with Crippen LogP contribution in [0.1, 0.15) is 40.7 Å². The fourth-order valence-corrected chi connectivity index (χ4v) is 3.84. The molecule has 4 nitrogen and oxygen atoms in total. The van der Waals surface area contributed by atoms with Gasteiger partial charge in [0.1, 0.15) is 5.60 Å². The van der Waals surface area contributed by atoms with Crippen molar-refractivity contribution in [2.75, 3.05) is 13.1 Å². The number of carbonyl (C=O) groups is 1. The summed E-state index contributed by atoms with van der Waals surface area (Å²) in [5.41, 5.74) is 0.214. The lowest BCUT2D eigenvalue weighted by Crippen LogP contribution is -2.46. The quantitative estimate of drug-likeness (QED) is 0.671. The third-order valence-electron chi connectivity index (χ3n) is 5.42. The van der Waals surface area contributed by atoms with Crippen LogP contribution in [0.5, 0.6) is 0 Å². The van der Waals surface area contributed by atoms with Crippen molar-refractivity contribution in [3.05, 3.63) is 70.2 Å². The molecule has 0 saturated carbocycles. The number of oxime groups is 1. The van der Waals surface area contributed by atoms with Gasteiger partial charge in [-0.3, -0.25) is 4.79 Å².